The molecule has 134 valence electrons. The van der Waals surface area contributed by atoms with Crippen LogP contribution < -0.4 is 5.32 Å². The number of nitrogens with zero attached hydrogens (tertiary/aromatic N) is 2. The van der Waals surface area contributed by atoms with Crippen molar-refractivity contribution in [2.24, 2.45) is 0 Å². The average Bonchev–Trinajstić information content (AvgIpc) is 2.88. The van der Waals surface area contributed by atoms with E-state index >= 15 is 0 Å². The second-order valence-corrected chi connectivity index (χ2v) is 6.95. The number of carbonyl (C=O) groups excluding carboxylic acids is 3. The van der Waals surface area contributed by atoms with E-state index in [2.05, 4.69) is 5.32 Å². The van der Waals surface area contributed by atoms with Crippen LogP contribution in [0.2, 0.25) is 0 Å². The summed E-state index contributed by atoms with van der Waals surface area (Å²) < 4.78 is 0. The third-order valence-electron chi connectivity index (χ3n) is 5.01. The molecule has 0 radical (unpaired) electrons. The van der Waals surface area contributed by atoms with E-state index in [4.69, 9.17) is 0 Å². The first kappa shape index (κ1) is 17.5. The van der Waals surface area contributed by atoms with Crippen molar-refractivity contribution < 1.29 is 14.4 Å². The van der Waals surface area contributed by atoms with Crippen LogP contribution in [0.1, 0.15) is 40.7 Å². The van der Waals surface area contributed by atoms with Crippen molar-refractivity contribution in [2.45, 2.75) is 39.2 Å². The minimum atomic E-state index is -0.395. The standard InChI is InChI=1S/C19H25N3O3/c1-13-4-5-14(2)15(12-13)18(24)21-8-3-9-22(11-10-21)19(25)16-6-7-17(23)20-16/h4-5,12,16H,3,6-11H2,1-2H3,(H,20,23). The van der Waals surface area contributed by atoms with Gasteiger partial charge in [0.25, 0.3) is 5.91 Å². The summed E-state index contributed by atoms with van der Waals surface area (Å²) in [6.45, 7) is 6.24. The third-order valence-corrected chi connectivity index (χ3v) is 5.01. The molecule has 6 heteroatoms. The van der Waals surface area contributed by atoms with Crippen molar-refractivity contribution >= 4 is 17.7 Å². The Morgan fingerprint density at radius 2 is 1.80 bits per heavy atom. The van der Waals surface area contributed by atoms with Gasteiger partial charge in [-0.05, 0) is 38.3 Å². The first-order valence-corrected chi connectivity index (χ1v) is 8.90. The Labute approximate surface area is 148 Å². The molecular formula is C19H25N3O3. The van der Waals surface area contributed by atoms with Crippen LogP contribution >= 0.6 is 0 Å². The predicted octanol–water partition coefficient (Wildman–Crippen LogP) is 1.26. The van der Waals surface area contributed by atoms with Crippen LogP contribution in [-0.4, -0.2) is 59.7 Å². The molecule has 6 nitrogen and oxygen atoms in total. The minimum absolute atomic E-state index is 0.0214. The van der Waals surface area contributed by atoms with Gasteiger partial charge in [0.05, 0.1) is 0 Å². The molecule has 2 aliphatic heterocycles. The van der Waals surface area contributed by atoms with Gasteiger partial charge in [0.15, 0.2) is 0 Å². The fourth-order valence-corrected chi connectivity index (χ4v) is 3.50. The molecule has 2 heterocycles. The van der Waals surface area contributed by atoms with Gasteiger partial charge in [-0.1, -0.05) is 17.7 Å². The van der Waals surface area contributed by atoms with Gasteiger partial charge >= 0.3 is 0 Å². The topological polar surface area (TPSA) is 69.7 Å². The molecule has 2 fully saturated rings. The molecule has 3 rings (SSSR count). The first-order chi connectivity index (χ1) is 12.0. The minimum Gasteiger partial charge on any atom is -0.344 e. The highest BCUT2D eigenvalue weighted by molar-refractivity contribution is 5.96. The number of nitrogens with one attached hydrogen (secondary N) is 1. The first-order valence-electron chi connectivity index (χ1n) is 8.90. The summed E-state index contributed by atoms with van der Waals surface area (Å²) in [6, 6.07) is 5.51. The summed E-state index contributed by atoms with van der Waals surface area (Å²) in [6.07, 6.45) is 1.74. The number of hydrogen-bond acceptors (Lipinski definition) is 3. The monoisotopic (exact) mass is 343 g/mol. The average molecular weight is 343 g/mol. The Morgan fingerprint density at radius 3 is 2.52 bits per heavy atom. The van der Waals surface area contributed by atoms with Crippen LogP contribution in [0.15, 0.2) is 18.2 Å². The molecule has 1 aromatic rings. The van der Waals surface area contributed by atoms with Crippen LogP contribution in [0.4, 0.5) is 0 Å². The van der Waals surface area contributed by atoms with Gasteiger partial charge in [0.1, 0.15) is 6.04 Å². The fourth-order valence-electron chi connectivity index (χ4n) is 3.50. The summed E-state index contributed by atoms with van der Waals surface area (Å²) in [7, 11) is 0. The Kier molecular flexibility index (Phi) is 5.06. The molecule has 2 saturated heterocycles. The van der Waals surface area contributed by atoms with Crippen molar-refractivity contribution in [3.05, 3.63) is 34.9 Å². The van der Waals surface area contributed by atoms with Crippen molar-refractivity contribution in [1.29, 1.82) is 0 Å². The van der Waals surface area contributed by atoms with Gasteiger partial charge in [-0.3, -0.25) is 14.4 Å². The Hall–Kier alpha value is -2.37. The number of hydrogen-bond donors (Lipinski definition) is 1. The van der Waals surface area contributed by atoms with Gasteiger partial charge in [-0.2, -0.15) is 0 Å². The lowest BCUT2D eigenvalue weighted by Crippen LogP contribution is -2.46. The van der Waals surface area contributed by atoms with E-state index in [1.54, 1.807) is 4.90 Å². The lowest BCUT2D eigenvalue weighted by atomic mass is 10.0. The van der Waals surface area contributed by atoms with Crippen LogP contribution in [0.3, 0.4) is 0 Å². The quantitative estimate of drug-likeness (QED) is 0.879. The largest absolute Gasteiger partial charge is 0.344 e. The van der Waals surface area contributed by atoms with Gasteiger partial charge in [0.2, 0.25) is 11.8 Å². The summed E-state index contributed by atoms with van der Waals surface area (Å²) in [5.41, 5.74) is 2.78. The van der Waals surface area contributed by atoms with Crippen molar-refractivity contribution in [3.63, 3.8) is 0 Å². The molecule has 1 atom stereocenters. The molecule has 25 heavy (non-hydrogen) atoms. The molecule has 0 saturated carbocycles. The summed E-state index contributed by atoms with van der Waals surface area (Å²) in [4.78, 5) is 40.4. The molecule has 1 N–H and O–H groups in total. The predicted molar refractivity (Wildman–Crippen MR) is 94.2 cm³/mol. The second kappa shape index (κ2) is 7.25. The van der Waals surface area contributed by atoms with Crippen LogP contribution in [0.25, 0.3) is 0 Å². The maximum Gasteiger partial charge on any atom is 0.254 e. The second-order valence-electron chi connectivity index (χ2n) is 6.95. The number of carbonyl (C=O) groups is 3. The van der Waals surface area contributed by atoms with Crippen molar-refractivity contribution in [1.82, 2.24) is 15.1 Å². The van der Waals surface area contributed by atoms with Crippen molar-refractivity contribution in [3.8, 4) is 0 Å². The van der Waals surface area contributed by atoms with Crippen LogP contribution in [0, 0.1) is 13.8 Å². The van der Waals surface area contributed by atoms with E-state index in [0.29, 0.717) is 39.0 Å². The highest BCUT2D eigenvalue weighted by Crippen LogP contribution is 2.16. The van der Waals surface area contributed by atoms with Gasteiger partial charge in [-0.15, -0.1) is 0 Å². The summed E-state index contributed by atoms with van der Waals surface area (Å²) in [5.74, 6) is -0.0450. The zero-order valence-electron chi connectivity index (χ0n) is 14.9. The van der Waals surface area contributed by atoms with E-state index in [1.165, 1.54) is 0 Å². The Balaban J connectivity index is 1.65. The molecule has 0 aliphatic carbocycles. The number of amides is 3. The van der Waals surface area contributed by atoms with E-state index in [9.17, 15) is 14.4 Å². The van der Waals surface area contributed by atoms with E-state index in [1.807, 2.05) is 36.9 Å². The maximum absolute atomic E-state index is 12.9. The van der Waals surface area contributed by atoms with Gasteiger partial charge in [0, 0.05) is 38.2 Å². The van der Waals surface area contributed by atoms with Crippen molar-refractivity contribution in [2.75, 3.05) is 26.2 Å². The zero-order valence-corrected chi connectivity index (χ0v) is 14.9. The highest BCUT2D eigenvalue weighted by Gasteiger charge is 2.32. The van der Waals surface area contributed by atoms with Crippen LogP contribution in [0.5, 0.6) is 0 Å². The third kappa shape index (κ3) is 3.83. The molecule has 3 amide bonds. The molecular weight excluding hydrogens is 318 g/mol. The number of aryl methyl sites for hydroxylation is 2. The van der Waals surface area contributed by atoms with E-state index < -0.39 is 6.04 Å². The number of benzene rings is 1. The molecule has 1 aromatic carbocycles. The Bertz CT molecular complexity index is 701. The lowest BCUT2D eigenvalue weighted by molar-refractivity contribution is -0.134. The highest BCUT2D eigenvalue weighted by atomic mass is 16.2. The molecule has 0 spiro atoms. The normalized spacial score (nSPS) is 21.0. The maximum atomic E-state index is 12.9. The molecule has 1 unspecified atom stereocenters. The van der Waals surface area contributed by atoms with Gasteiger partial charge in [-0.25, -0.2) is 0 Å². The molecule has 0 bridgehead atoms. The summed E-state index contributed by atoms with van der Waals surface area (Å²) in [5, 5.41) is 2.73. The van der Waals surface area contributed by atoms with Gasteiger partial charge < -0.3 is 15.1 Å². The summed E-state index contributed by atoms with van der Waals surface area (Å²) >= 11 is 0. The molecule has 0 aromatic heterocycles. The zero-order chi connectivity index (χ0) is 18.0. The van der Waals surface area contributed by atoms with E-state index in [0.717, 1.165) is 23.1 Å². The SMILES string of the molecule is Cc1ccc(C)c(C(=O)N2CCCN(C(=O)C3CCC(=O)N3)CC2)c1. The smallest absolute Gasteiger partial charge is 0.254 e. The molecule has 2 aliphatic rings. The van der Waals surface area contributed by atoms with Crippen LogP contribution in [-0.2, 0) is 9.59 Å². The lowest BCUT2D eigenvalue weighted by Gasteiger charge is -2.24. The Morgan fingerprint density at radius 1 is 1.08 bits per heavy atom. The fraction of sp³-hybridized carbons (Fsp3) is 0.526. The number of rotatable bonds is 2. The van der Waals surface area contributed by atoms with E-state index in [-0.39, 0.29) is 17.7 Å².